The minimum absolute atomic E-state index is 0.418. The molecular weight excluding hydrogens is 194 g/mol. The Kier molecular flexibility index (Phi) is 2.99. The van der Waals surface area contributed by atoms with Gasteiger partial charge in [0.05, 0.1) is 0 Å². The summed E-state index contributed by atoms with van der Waals surface area (Å²) in [6, 6.07) is 6.04. The lowest BCUT2D eigenvalue weighted by molar-refractivity contribution is 0.461. The number of phenolic OH excluding ortho intramolecular Hbond substituents is 1. The number of phenols is 1. The number of hydrogen-bond acceptors (Lipinski definition) is 3. The van der Waals surface area contributed by atoms with E-state index in [0.717, 1.165) is 18.0 Å². The third kappa shape index (κ3) is 1.88. The zero-order valence-electron chi connectivity index (χ0n) is 8.29. The summed E-state index contributed by atoms with van der Waals surface area (Å²) in [6.45, 7) is 2.13. The van der Waals surface area contributed by atoms with Crippen LogP contribution in [0.15, 0.2) is 23.1 Å². The summed E-state index contributed by atoms with van der Waals surface area (Å²) >= 11 is 1.58. The van der Waals surface area contributed by atoms with Crippen LogP contribution in [0.5, 0.6) is 5.75 Å². The van der Waals surface area contributed by atoms with Crippen molar-refractivity contribution in [3.05, 3.63) is 23.8 Å². The third-order valence-corrected chi connectivity index (χ3v) is 3.52. The number of benzene rings is 1. The lowest BCUT2D eigenvalue weighted by atomic mass is 9.98. The molecule has 1 aliphatic rings. The second-order valence-electron chi connectivity index (χ2n) is 3.62. The van der Waals surface area contributed by atoms with Gasteiger partial charge in [0.2, 0.25) is 0 Å². The van der Waals surface area contributed by atoms with Gasteiger partial charge in [0.25, 0.3) is 0 Å². The van der Waals surface area contributed by atoms with E-state index in [4.69, 9.17) is 0 Å². The van der Waals surface area contributed by atoms with Gasteiger partial charge in [0, 0.05) is 11.4 Å². The second kappa shape index (κ2) is 4.24. The van der Waals surface area contributed by atoms with Crippen molar-refractivity contribution in [1.82, 2.24) is 5.32 Å². The molecule has 0 amide bonds. The Morgan fingerprint density at radius 3 is 2.93 bits per heavy atom. The zero-order chi connectivity index (χ0) is 9.97. The summed E-state index contributed by atoms with van der Waals surface area (Å²) in [5.41, 5.74) is 1.25. The highest BCUT2D eigenvalue weighted by molar-refractivity contribution is 7.98. The SMILES string of the molecule is CSc1ccc(C2CCNC2)cc1O. The van der Waals surface area contributed by atoms with Crippen molar-refractivity contribution < 1.29 is 5.11 Å². The molecule has 1 aromatic carbocycles. The Labute approximate surface area is 88.7 Å². The molecule has 2 nitrogen and oxygen atoms in total. The minimum Gasteiger partial charge on any atom is -0.507 e. The van der Waals surface area contributed by atoms with Gasteiger partial charge in [-0.2, -0.15) is 0 Å². The van der Waals surface area contributed by atoms with E-state index in [-0.39, 0.29) is 0 Å². The lowest BCUT2D eigenvalue weighted by Gasteiger charge is -2.10. The quantitative estimate of drug-likeness (QED) is 0.732. The van der Waals surface area contributed by atoms with Crippen LogP contribution in [-0.2, 0) is 0 Å². The fourth-order valence-corrected chi connectivity index (χ4v) is 2.37. The van der Waals surface area contributed by atoms with Gasteiger partial charge in [-0.15, -0.1) is 11.8 Å². The van der Waals surface area contributed by atoms with Crippen molar-refractivity contribution in [2.24, 2.45) is 0 Å². The van der Waals surface area contributed by atoms with Gasteiger partial charge in [-0.25, -0.2) is 0 Å². The molecule has 1 aliphatic heterocycles. The molecule has 0 aliphatic carbocycles. The van der Waals surface area contributed by atoms with Gasteiger partial charge in [0.15, 0.2) is 0 Å². The van der Waals surface area contributed by atoms with Crippen molar-refractivity contribution in [3.63, 3.8) is 0 Å². The standard InChI is InChI=1S/C11H15NOS/c1-14-11-3-2-8(6-10(11)13)9-4-5-12-7-9/h2-3,6,9,12-13H,4-5,7H2,1H3. The van der Waals surface area contributed by atoms with E-state index in [1.165, 1.54) is 12.0 Å². The average molecular weight is 209 g/mol. The molecule has 0 spiro atoms. The Hall–Kier alpha value is -0.670. The summed E-state index contributed by atoms with van der Waals surface area (Å²) in [4.78, 5) is 0.958. The maximum absolute atomic E-state index is 9.71. The molecule has 1 aromatic rings. The molecular formula is C11H15NOS. The predicted molar refractivity (Wildman–Crippen MR) is 60.1 cm³/mol. The zero-order valence-corrected chi connectivity index (χ0v) is 9.10. The maximum atomic E-state index is 9.71. The normalized spacial score (nSPS) is 21.4. The summed E-state index contributed by atoms with van der Waals surface area (Å²) in [6.07, 6.45) is 3.16. The summed E-state index contributed by atoms with van der Waals surface area (Å²) in [5.74, 6) is 0.999. The van der Waals surface area contributed by atoms with Crippen LogP contribution in [0, 0.1) is 0 Å². The van der Waals surface area contributed by atoms with Crippen LogP contribution in [0.4, 0.5) is 0 Å². The highest BCUT2D eigenvalue weighted by Crippen LogP contribution is 2.31. The second-order valence-corrected chi connectivity index (χ2v) is 4.47. The van der Waals surface area contributed by atoms with Crippen molar-refractivity contribution in [2.45, 2.75) is 17.2 Å². The first kappa shape index (κ1) is 9.87. The van der Waals surface area contributed by atoms with E-state index in [1.54, 1.807) is 11.8 Å². The predicted octanol–water partition coefficient (Wildman–Crippen LogP) is 2.19. The van der Waals surface area contributed by atoms with Crippen LogP contribution in [-0.4, -0.2) is 24.5 Å². The van der Waals surface area contributed by atoms with Gasteiger partial charge in [0.1, 0.15) is 5.75 Å². The molecule has 76 valence electrons. The number of hydrogen-bond donors (Lipinski definition) is 2. The van der Waals surface area contributed by atoms with Crippen molar-refractivity contribution in [1.29, 1.82) is 0 Å². The van der Waals surface area contributed by atoms with Crippen LogP contribution < -0.4 is 5.32 Å². The van der Waals surface area contributed by atoms with Gasteiger partial charge in [-0.05, 0) is 42.8 Å². The molecule has 1 atom stereocenters. The van der Waals surface area contributed by atoms with Gasteiger partial charge in [-0.1, -0.05) is 6.07 Å². The maximum Gasteiger partial charge on any atom is 0.129 e. The monoisotopic (exact) mass is 209 g/mol. The van der Waals surface area contributed by atoms with Crippen molar-refractivity contribution in [2.75, 3.05) is 19.3 Å². The molecule has 1 fully saturated rings. The minimum atomic E-state index is 0.418. The van der Waals surface area contributed by atoms with Crippen LogP contribution >= 0.6 is 11.8 Å². The van der Waals surface area contributed by atoms with E-state index in [0.29, 0.717) is 11.7 Å². The van der Waals surface area contributed by atoms with E-state index >= 15 is 0 Å². The molecule has 1 heterocycles. The molecule has 0 bridgehead atoms. The number of aromatic hydroxyl groups is 1. The Bertz CT molecular complexity index is 321. The molecule has 2 N–H and O–H groups in total. The van der Waals surface area contributed by atoms with E-state index < -0.39 is 0 Å². The van der Waals surface area contributed by atoms with Gasteiger partial charge < -0.3 is 10.4 Å². The topological polar surface area (TPSA) is 32.3 Å². The highest BCUT2D eigenvalue weighted by Gasteiger charge is 2.17. The van der Waals surface area contributed by atoms with Crippen molar-refractivity contribution >= 4 is 11.8 Å². The first-order valence-corrected chi connectivity index (χ1v) is 6.11. The van der Waals surface area contributed by atoms with Crippen molar-refractivity contribution in [3.8, 4) is 5.75 Å². The third-order valence-electron chi connectivity index (χ3n) is 2.73. The number of thioether (sulfide) groups is 1. The lowest BCUT2D eigenvalue weighted by Crippen LogP contribution is -2.07. The Morgan fingerprint density at radius 2 is 2.36 bits per heavy atom. The van der Waals surface area contributed by atoms with E-state index in [9.17, 15) is 5.11 Å². The smallest absolute Gasteiger partial charge is 0.129 e. The molecule has 2 rings (SSSR count). The van der Waals surface area contributed by atoms with E-state index in [2.05, 4.69) is 11.4 Å². The molecule has 0 radical (unpaired) electrons. The van der Waals surface area contributed by atoms with Gasteiger partial charge >= 0.3 is 0 Å². The van der Waals surface area contributed by atoms with Crippen LogP contribution in [0.25, 0.3) is 0 Å². The van der Waals surface area contributed by atoms with Crippen LogP contribution in [0.1, 0.15) is 17.9 Å². The first-order chi connectivity index (χ1) is 6.81. The number of rotatable bonds is 2. The number of nitrogens with one attached hydrogen (secondary N) is 1. The fourth-order valence-electron chi connectivity index (χ4n) is 1.90. The van der Waals surface area contributed by atoms with Gasteiger partial charge in [-0.3, -0.25) is 0 Å². The fraction of sp³-hybridized carbons (Fsp3) is 0.455. The molecule has 0 aromatic heterocycles. The summed E-state index contributed by atoms with van der Waals surface area (Å²) < 4.78 is 0. The first-order valence-electron chi connectivity index (χ1n) is 4.89. The molecule has 1 saturated heterocycles. The highest BCUT2D eigenvalue weighted by atomic mass is 32.2. The van der Waals surface area contributed by atoms with Crippen LogP contribution in [0.2, 0.25) is 0 Å². The largest absolute Gasteiger partial charge is 0.507 e. The molecule has 1 unspecified atom stereocenters. The summed E-state index contributed by atoms with van der Waals surface area (Å²) in [5, 5.41) is 13.0. The Balaban J connectivity index is 2.23. The van der Waals surface area contributed by atoms with Crippen LogP contribution in [0.3, 0.4) is 0 Å². The molecule has 0 saturated carbocycles. The molecule has 14 heavy (non-hydrogen) atoms. The summed E-state index contributed by atoms with van der Waals surface area (Å²) in [7, 11) is 0. The Morgan fingerprint density at radius 1 is 1.50 bits per heavy atom. The van der Waals surface area contributed by atoms with E-state index in [1.807, 2.05) is 18.4 Å². The average Bonchev–Trinajstić information content (AvgIpc) is 2.70. The molecule has 3 heteroatoms.